The Morgan fingerprint density at radius 1 is 1.17 bits per heavy atom. The number of fused-ring (bicyclic) bond motifs is 1. The summed E-state index contributed by atoms with van der Waals surface area (Å²) in [5, 5.41) is 10.6. The molecule has 6 nitrogen and oxygen atoms in total. The van der Waals surface area contributed by atoms with Gasteiger partial charge in [0.15, 0.2) is 0 Å². The molecule has 0 unspecified atom stereocenters. The number of aromatic nitrogens is 3. The van der Waals surface area contributed by atoms with Gasteiger partial charge in [-0.3, -0.25) is 0 Å². The van der Waals surface area contributed by atoms with Gasteiger partial charge in [-0.1, -0.05) is 18.2 Å². The molecular weight excluding hydrogens is 290 g/mol. The zero-order chi connectivity index (χ0) is 16.0. The number of anilines is 1. The van der Waals surface area contributed by atoms with Crippen LogP contribution in [0.15, 0.2) is 24.3 Å². The van der Waals surface area contributed by atoms with Crippen LogP contribution in [0.4, 0.5) is 5.95 Å². The van der Waals surface area contributed by atoms with Crippen LogP contribution in [0.1, 0.15) is 29.7 Å². The Balaban J connectivity index is 1.92. The molecule has 23 heavy (non-hydrogen) atoms. The minimum absolute atomic E-state index is 0.0456. The highest BCUT2D eigenvalue weighted by atomic mass is 16.3. The van der Waals surface area contributed by atoms with Crippen LogP contribution in [0.3, 0.4) is 0 Å². The first-order valence-electron chi connectivity index (χ1n) is 7.64. The fourth-order valence-electron chi connectivity index (χ4n) is 2.92. The van der Waals surface area contributed by atoms with Gasteiger partial charge in [-0.15, -0.1) is 0 Å². The van der Waals surface area contributed by atoms with E-state index in [2.05, 4.69) is 21.0 Å². The lowest BCUT2D eigenvalue weighted by Gasteiger charge is -2.10. The summed E-state index contributed by atoms with van der Waals surface area (Å²) in [6.07, 6.45) is 2.29. The number of nitrogens with zero attached hydrogens (tertiary/aromatic N) is 2. The summed E-state index contributed by atoms with van der Waals surface area (Å²) in [6.45, 7) is 0.343. The maximum Gasteiger partial charge on any atom is 0.222 e. The lowest BCUT2D eigenvalue weighted by Crippen LogP contribution is -2.00. The second-order valence-electron chi connectivity index (χ2n) is 5.82. The molecule has 0 bridgehead atoms. The van der Waals surface area contributed by atoms with Gasteiger partial charge in [0.1, 0.15) is 5.65 Å². The summed E-state index contributed by atoms with van der Waals surface area (Å²) in [6, 6.07) is 8.06. The summed E-state index contributed by atoms with van der Waals surface area (Å²) < 4.78 is 0. The van der Waals surface area contributed by atoms with E-state index in [0.717, 1.165) is 40.7 Å². The molecule has 1 saturated carbocycles. The molecule has 6 N–H and O–H groups in total. The molecule has 117 valence electrons. The maximum atomic E-state index is 9.79. The van der Waals surface area contributed by atoms with Gasteiger partial charge < -0.3 is 21.6 Å². The van der Waals surface area contributed by atoms with Crippen molar-refractivity contribution in [3.63, 3.8) is 0 Å². The molecule has 2 aromatic heterocycles. The van der Waals surface area contributed by atoms with Crippen molar-refractivity contribution in [2.45, 2.75) is 26.0 Å². The van der Waals surface area contributed by atoms with E-state index in [0.29, 0.717) is 12.2 Å². The van der Waals surface area contributed by atoms with E-state index in [1.54, 1.807) is 0 Å². The number of aliphatic hydroxyl groups is 1. The zero-order valence-electron chi connectivity index (χ0n) is 12.6. The normalized spacial score (nSPS) is 14.5. The molecule has 1 fully saturated rings. The summed E-state index contributed by atoms with van der Waals surface area (Å²) in [7, 11) is 0. The van der Waals surface area contributed by atoms with Crippen LogP contribution in [0, 0.1) is 5.92 Å². The number of benzene rings is 1. The SMILES string of the molecule is NCc1cc2c(-c3ccc([C]4CC4)cc3CO)nc(N)nc2[nH]1. The molecular formula is C17H18N5O. The Morgan fingerprint density at radius 3 is 2.70 bits per heavy atom. The summed E-state index contributed by atoms with van der Waals surface area (Å²) in [4.78, 5) is 11.8. The van der Waals surface area contributed by atoms with Crippen LogP contribution in [0.2, 0.25) is 0 Å². The van der Waals surface area contributed by atoms with Crippen molar-refractivity contribution in [1.29, 1.82) is 0 Å². The summed E-state index contributed by atoms with van der Waals surface area (Å²) in [5.74, 6) is 1.63. The Kier molecular flexibility index (Phi) is 3.28. The molecule has 0 atom stereocenters. The smallest absolute Gasteiger partial charge is 0.222 e. The van der Waals surface area contributed by atoms with Crippen LogP contribution in [-0.4, -0.2) is 20.1 Å². The average molecular weight is 308 g/mol. The lowest BCUT2D eigenvalue weighted by atomic mass is 9.98. The van der Waals surface area contributed by atoms with Gasteiger partial charge in [0, 0.05) is 29.1 Å². The first-order valence-corrected chi connectivity index (χ1v) is 7.64. The van der Waals surface area contributed by atoms with Crippen molar-refractivity contribution in [1.82, 2.24) is 15.0 Å². The monoisotopic (exact) mass is 308 g/mol. The minimum Gasteiger partial charge on any atom is -0.392 e. The van der Waals surface area contributed by atoms with Gasteiger partial charge >= 0.3 is 0 Å². The van der Waals surface area contributed by atoms with Crippen molar-refractivity contribution >= 4 is 17.0 Å². The Hall–Kier alpha value is -2.44. The third-order valence-electron chi connectivity index (χ3n) is 4.22. The van der Waals surface area contributed by atoms with E-state index in [9.17, 15) is 5.11 Å². The number of aliphatic hydroxyl groups excluding tert-OH is 1. The molecule has 0 saturated heterocycles. The minimum atomic E-state index is -0.0456. The zero-order valence-corrected chi connectivity index (χ0v) is 12.6. The largest absolute Gasteiger partial charge is 0.392 e. The third-order valence-corrected chi connectivity index (χ3v) is 4.22. The summed E-state index contributed by atoms with van der Waals surface area (Å²) >= 11 is 0. The van der Waals surface area contributed by atoms with Crippen LogP contribution in [0.5, 0.6) is 0 Å². The molecule has 0 aliphatic heterocycles. The highest BCUT2D eigenvalue weighted by Gasteiger charge is 2.25. The Morgan fingerprint density at radius 2 is 2.00 bits per heavy atom. The van der Waals surface area contributed by atoms with E-state index >= 15 is 0 Å². The van der Waals surface area contributed by atoms with Crippen molar-refractivity contribution in [2.24, 2.45) is 5.73 Å². The van der Waals surface area contributed by atoms with Gasteiger partial charge in [0.25, 0.3) is 0 Å². The van der Waals surface area contributed by atoms with Crippen molar-refractivity contribution in [3.05, 3.63) is 47.0 Å². The van der Waals surface area contributed by atoms with Gasteiger partial charge in [-0.05, 0) is 30.0 Å². The quantitative estimate of drug-likeness (QED) is 0.587. The predicted molar refractivity (Wildman–Crippen MR) is 89.1 cm³/mol. The molecule has 6 heteroatoms. The number of hydrogen-bond acceptors (Lipinski definition) is 5. The number of hydrogen-bond donors (Lipinski definition) is 4. The van der Waals surface area contributed by atoms with Crippen molar-refractivity contribution in [2.75, 3.05) is 5.73 Å². The molecule has 1 aromatic carbocycles. The predicted octanol–water partition coefficient (Wildman–Crippen LogP) is 1.87. The second-order valence-corrected chi connectivity index (χ2v) is 5.82. The van der Waals surface area contributed by atoms with Crippen molar-refractivity contribution in [3.8, 4) is 11.3 Å². The van der Waals surface area contributed by atoms with E-state index in [-0.39, 0.29) is 12.6 Å². The molecule has 1 aliphatic rings. The van der Waals surface area contributed by atoms with E-state index < -0.39 is 0 Å². The number of nitrogens with two attached hydrogens (primary N) is 2. The maximum absolute atomic E-state index is 9.79. The molecule has 2 heterocycles. The number of rotatable bonds is 4. The molecule has 1 radical (unpaired) electrons. The highest BCUT2D eigenvalue weighted by Crippen LogP contribution is 2.40. The van der Waals surface area contributed by atoms with Gasteiger partial charge in [0.2, 0.25) is 5.95 Å². The molecule has 3 aromatic rings. The van der Waals surface area contributed by atoms with E-state index in [1.807, 2.05) is 18.2 Å². The lowest BCUT2D eigenvalue weighted by molar-refractivity contribution is 0.282. The van der Waals surface area contributed by atoms with E-state index in [4.69, 9.17) is 11.5 Å². The number of nitrogen functional groups attached to an aromatic ring is 1. The first-order chi connectivity index (χ1) is 11.2. The van der Waals surface area contributed by atoms with Gasteiger partial charge in [0.05, 0.1) is 12.3 Å². The molecule has 4 rings (SSSR count). The topological polar surface area (TPSA) is 114 Å². The second kappa shape index (κ2) is 5.33. The molecule has 0 spiro atoms. The van der Waals surface area contributed by atoms with Crippen molar-refractivity contribution < 1.29 is 5.11 Å². The first kappa shape index (κ1) is 14.2. The van der Waals surface area contributed by atoms with Gasteiger partial charge in [-0.2, -0.15) is 4.98 Å². The Bertz CT molecular complexity index is 882. The van der Waals surface area contributed by atoms with Crippen LogP contribution in [0.25, 0.3) is 22.3 Å². The fourth-order valence-corrected chi connectivity index (χ4v) is 2.92. The summed E-state index contributed by atoms with van der Waals surface area (Å²) in [5.41, 5.74) is 16.7. The molecule has 0 amide bonds. The van der Waals surface area contributed by atoms with Gasteiger partial charge in [-0.25, -0.2) is 4.98 Å². The Labute approximate surface area is 133 Å². The third kappa shape index (κ3) is 2.46. The van der Waals surface area contributed by atoms with Crippen LogP contribution in [-0.2, 0) is 13.2 Å². The molecule has 1 aliphatic carbocycles. The number of nitrogens with one attached hydrogen (secondary N) is 1. The highest BCUT2D eigenvalue weighted by molar-refractivity contribution is 5.93. The fraction of sp³-hybridized carbons (Fsp3) is 0.235. The van der Waals surface area contributed by atoms with Crippen LogP contribution < -0.4 is 11.5 Å². The number of aromatic amines is 1. The average Bonchev–Trinajstić information content (AvgIpc) is 3.33. The number of H-pyrrole nitrogens is 1. The van der Waals surface area contributed by atoms with Crippen LogP contribution >= 0.6 is 0 Å². The standard InChI is InChI=1S/C17H18N5O/c18-7-12-6-14-15(21-17(19)22-16(14)20-12)13-4-3-10(9-1-2-9)5-11(13)8-23/h3-6,23H,1-2,7-8,18H2,(H3,19,20,21,22). The van der Waals surface area contributed by atoms with E-state index in [1.165, 1.54) is 11.5 Å².